The first-order chi connectivity index (χ1) is 14.3. The van der Waals surface area contributed by atoms with Gasteiger partial charge in [-0.05, 0) is 48.4 Å². The highest BCUT2D eigenvalue weighted by molar-refractivity contribution is 6.32. The van der Waals surface area contributed by atoms with Crippen LogP contribution in [0.25, 0.3) is 6.08 Å². The number of carbonyl (C=O) groups is 2. The summed E-state index contributed by atoms with van der Waals surface area (Å²) in [5.41, 5.74) is 0.657. The molecule has 0 bridgehead atoms. The quantitative estimate of drug-likeness (QED) is 0.617. The Hall–Kier alpha value is -3.13. The van der Waals surface area contributed by atoms with E-state index in [-0.39, 0.29) is 5.56 Å². The van der Waals surface area contributed by atoms with E-state index in [1.807, 2.05) is 0 Å². The number of nitrogens with one attached hydrogen (secondary N) is 2. The van der Waals surface area contributed by atoms with Crippen LogP contribution in [0.2, 0.25) is 5.02 Å². The molecule has 2 N–H and O–H groups in total. The lowest BCUT2D eigenvalue weighted by atomic mass is 10.1. The number of hydrogen-bond acceptors (Lipinski definition) is 4. The summed E-state index contributed by atoms with van der Waals surface area (Å²) in [6.45, 7) is 2.20. The molecule has 160 valence electrons. The lowest BCUT2D eigenvalue weighted by Crippen LogP contribution is -2.38. The lowest BCUT2D eigenvalue weighted by molar-refractivity contribution is -0.126. The number of hydrogen-bond donors (Lipinski definition) is 2. The van der Waals surface area contributed by atoms with Crippen LogP contribution in [0, 0.1) is 11.6 Å². The van der Waals surface area contributed by atoms with E-state index in [4.69, 9.17) is 21.1 Å². The van der Waals surface area contributed by atoms with E-state index < -0.39 is 29.5 Å². The molecular weight excluding hydrogens is 418 g/mol. The van der Waals surface area contributed by atoms with Crippen molar-refractivity contribution in [2.24, 2.45) is 0 Å². The maximum atomic E-state index is 13.5. The average molecular weight is 439 g/mol. The van der Waals surface area contributed by atoms with Gasteiger partial charge in [0, 0.05) is 13.1 Å². The van der Waals surface area contributed by atoms with Gasteiger partial charge >= 0.3 is 0 Å². The molecule has 0 spiro atoms. The van der Waals surface area contributed by atoms with Gasteiger partial charge in [0.2, 0.25) is 11.8 Å². The monoisotopic (exact) mass is 438 g/mol. The molecule has 2 rings (SSSR count). The Kier molecular flexibility index (Phi) is 8.17. The zero-order chi connectivity index (χ0) is 22.3. The highest BCUT2D eigenvalue weighted by Crippen LogP contribution is 2.36. The van der Waals surface area contributed by atoms with E-state index in [2.05, 4.69) is 10.6 Å². The third-order valence-corrected chi connectivity index (χ3v) is 4.32. The van der Waals surface area contributed by atoms with E-state index in [0.717, 1.165) is 12.1 Å². The Morgan fingerprint density at radius 1 is 1.20 bits per heavy atom. The van der Waals surface area contributed by atoms with Crippen molar-refractivity contribution in [1.82, 2.24) is 10.6 Å². The van der Waals surface area contributed by atoms with Gasteiger partial charge in [-0.3, -0.25) is 9.59 Å². The SMILES string of the molecule is CCOc1cc(/C=C/C(=O)NC(C(=O)NC)c2ccc(F)c(F)c2)cc(Cl)c1OC. The molecule has 30 heavy (non-hydrogen) atoms. The van der Waals surface area contributed by atoms with Crippen LogP contribution >= 0.6 is 11.6 Å². The summed E-state index contributed by atoms with van der Waals surface area (Å²) in [6.07, 6.45) is 2.65. The number of carbonyl (C=O) groups excluding carboxylic acids is 2. The summed E-state index contributed by atoms with van der Waals surface area (Å²) >= 11 is 6.18. The summed E-state index contributed by atoms with van der Waals surface area (Å²) in [7, 11) is 2.83. The molecule has 0 fully saturated rings. The minimum absolute atomic E-state index is 0.0983. The summed E-state index contributed by atoms with van der Waals surface area (Å²) < 4.78 is 37.4. The summed E-state index contributed by atoms with van der Waals surface area (Å²) in [5.74, 6) is -2.60. The van der Waals surface area contributed by atoms with Gasteiger partial charge in [-0.25, -0.2) is 8.78 Å². The first-order valence-corrected chi connectivity index (χ1v) is 9.33. The van der Waals surface area contributed by atoms with Gasteiger partial charge in [0.1, 0.15) is 6.04 Å². The molecule has 6 nitrogen and oxygen atoms in total. The van der Waals surface area contributed by atoms with Crippen LogP contribution in [0.5, 0.6) is 11.5 Å². The van der Waals surface area contributed by atoms with Gasteiger partial charge in [0.05, 0.1) is 18.7 Å². The first-order valence-electron chi connectivity index (χ1n) is 8.96. The molecule has 1 atom stereocenters. The molecule has 0 aliphatic carbocycles. The normalized spacial score (nSPS) is 11.8. The van der Waals surface area contributed by atoms with Crippen molar-refractivity contribution in [3.05, 3.63) is 64.2 Å². The van der Waals surface area contributed by atoms with Crippen molar-refractivity contribution in [1.29, 1.82) is 0 Å². The maximum absolute atomic E-state index is 13.5. The zero-order valence-electron chi connectivity index (χ0n) is 16.6. The van der Waals surface area contributed by atoms with E-state index in [1.54, 1.807) is 19.1 Å². The van der Waals surface area contributed by atoms with Gasteiger partial charge in [-0.1, -0.05) is 17.7 Å². The Morgan fingerprint density at radius 2 is 1.93 bits per heavy atom. The van der Waals surface area contributed by atoms with Crippen LogP contribution in [0.3, 0.4) is 0 Å². The predicted octanol–water partition coefficient (Wildman–Crippen LogP) is 3.64. The fourth-order valence-corrected chi connectivity index (χ4v) is 2.94. The number of halogens is 3. The lowest BCUT2D eigenvalue weighted by Gasteiger charge is -2.17. The fraction of sp³-hybridized carbons (Fsp3) is 0.238. The smallest absolute Gasteiger partial charge is 0.246 e. The number of ether oxygens (including phenoxy) is 2. The summed E-state index contributed by atoms with van der Waals surface area (Å²) in [6, 6.07) is 4.98. The summed E-state index contributed by atoms with van der Waals surface area (Å²) in [4.78, 5) is 24.5. The minimum Gasteiger partial charge on any atom is -0.491 e. The van der Waals surface area contributed by atoms with Crippen molar-refractivity contribution >= 4 is 29.5 Å². The van der Waals surface area contributed by atoms with Crippen molar-refractivity contribution in [3.63, 3.8) is 0 Å². The molecule has 0 saturated carbocycles. The third kappa shape index (κ3) is 5.70. The number of amides is 2. The second kappa shape index (κ2) is 10.6. The minimum atomic E-state index is -1.21. The maximum Gasteiger partial charge on any atom is 0.246 e. The molecule has 2 amide bonds. The molecule has 2 aromatic rings. The molecule has 0 radical (unpaired) electrons. The highest BCUT2D eigenvalue weighted by atomic mass is 35.5. The van der Waals surface area contributed by atoms with Crippen molar-refractivity contribution in [2.75, 3.05) is 20.8 Å². The Morgan fingerprint density at radius 3 is 2.53 bits per heavy atom. The van der Waals surface area contributed by atoms with Crippen LogP contribution in [-0.2, 0) is 9.59 Å². The van der Waals surface area contributed by atoms with E-state index in [1.165, 1.54) is 32.4 Å². The number of rotatable bonds is 8. The highest BCUT2D eigenvalue weighted by Gasteiger charge is 2.22. The fourth-order valence-electron chi connectivity index (χ4n) is 2.64. The van der Waals surface area contributed by atoms with Crippen LogP contribution in [0.4, 0.5) is 8.78 Å². The molecule has 0 aliphatic rings. The standard InChI is InChI=1S/C21H21ClF2N2O4/c1-4-30-17-10-12(9-14(22)20(17)29-3)5-8-18(27)26-19(21(28)25-2)13-6-7-15(23)16(24)11-13/h5-11,19H,4H2,1-3H3,(H,25,28)(H,26,27)/b8-5+. The van der Waals surface area contributed by atoms with E-state index in [0.29, 0.717) is 28.7 Å². The van der Waals surface area contributed by atoms with Crippen LogP contribution < -0.4 is 20.1 Å². The van der Waals surface area contributed by atoms with Gasteiger partial charge < -0.3 is 20.1 Å². The second-order valence-corrected chi connectivity index (χ2v) is 6.44. The molecule has 0 heterocycles. The van der Waals surface area contributed by atoms with Crippen molar-refractivity contribution < 1.29 is 27.8 Å². The molecular formula is C21H21ClF2N2O4. The second-order valence-electron chi connectivity index (χ2n) is 6.03. The van der Waals surface area contributed by atoms with Crippen LogP contribution in [0.15, 0.2) is 36.4 Å². The van der Waals surface area contributed by atoms with Gasteiger partial charge in [0.15, 0.2) is 23.1 Å². The largest absolute Gasteiger partial charge is 0.491 e. The Labute approximate surface area is 177 Å². The zero-order valence-corrected chi connectivity index (χ0v) is 17.3. The van der Waals surface area contributed by atoms with Crippen LogP contribution in [-0.4, -0.2) is 32.6 Å². The Bertz CT molecular complexity index is 966. The van der Waals surface area contributed by atoms with Crippen LogP contribution in [0.1, 0.15) is 24.1 Å². The molecule has 0 aliphatic heterocycles. The molecule has 0 saturated heterocycles. The van der Waals surface area contributed by atoms with Gasteiger partial charge in [0.25, 0.3) is 0 Å². The Balaban J connectivity index is 2.23. The number of methoxy groups -OCH3 is 1. The number of benzene rings is 2. The molecule has 0 aromatic heterocycles. The van der Waals surface area contributed by atoms with Crippen molar-refractivity contribution in [2.45, 2.75) is 13.0 Å². The molecule has 1 unspecified atom stereocenters. The van der Waals surface area contributed by atoms with Gasteiger partial charge in [-0.2, -0.15) is 0 Å². The van der Waals surface area contributed by atoms with Gasteiger partial charge in [-0.15, -0.1) is 0 Å². The number of likely N-dealkylation sites (N-methyl/N-ethyl adjacent to an activating group) is 1. The molecule has 2 aromatic carbocycles. The molecule has 9 heteroatoms. The first kappa shape index (κ1) is 23.2. The topological polar surface area (TPSA) is 76.7 Å². The summed E-state index contributed by atoms with van der Waals surface area (Å²) in [5, 5.41) is 5.14. The predicted molar refractivity (Wildman–Crippen MR) is 110 cm³/mol. The van der Waals surface area contributed by atoms with E-state index in [9.17, 15) is 18.4 Å². The average Bonchev–Trinajstić information content (AvgIpc) is 2.72. The van der Waals surface area contributed by atoms with E-state index >= 15 is 0 Å². The van der Waals surface area contributed by atoms with Crippen molar-refractivity contribution in [3.8, 4) is 11.5 Å². The third-order valence-electron chi connectivity index (χ3n) is 4.04.